The van der Waals surface area contributed by atoms with Crippen LogP contribution in [0.25, 0.3) is 0 Å². The molecule has 7 heteroatoms. The van der Waals surface area contributed by atoms with Crippen LogP contribution in [0, 0.1) is 11.6 Å². The van der Waals surface area contributed by atoms with E-state index in [4.69, 9.17) is 9.47 Å². The highest BCUT2D eigenvalue weighted by atomic mass is 19.1. The third-order valence-corrected chi connectivity index (χ3v) is 5.31. The van der Waals surface area contributed by atoms with E-state index in [-0.39, 0.29) is 11.5 Å². The van der Waals surface area contributed by atoms with Crippen LogP contribution in [0.1, 0.15) is 31.7 Å². The van der Waals surface area contributed by atoms with Crippen molar-refractivity contribution in [3.8, 4) is 5.75 Å². The Hall–Kier alpha value is -2.67. The van der Waals surface area contributed by atoms with Crippen LogP contribution in [0.15, 0.2) is 36.4 Å². The average molecular weight is 402 g/mol. The number of ether oxygens (including phenoxy) is 2. The number of hydrogen-bond acceptors (Lipinski definition) is 4. The molecule has 1 fully saturated rings. The number of carbonyl (C=O) groups is 1. The molecule has 2 aromatic carbocycles. The van der Waals surface area contributed by atoms with Gasteiger partial charge in [-0.25, -0.2) is 8.78 Å². The van der Waals surface area contributed by atoms with Crippen LogP contribution in [0.2, 0.25) is 0 Å². The van der Waals surface area contributed by atoms with Crippen molar-refractivity contribution in [2.75, 3.05) is 30.5 Å². The normalized spacial score (nSPS) is 21.0. The molecule has 5 nitrogen and oxygen atoms in total. The largest absolute Gasteiger partial charge is 0.471 e. The lowest BCUT2D eigenvalue weighted by atomic mass is 9.91. The number of carbonyl (C=O) groups excluding carboxylic acids is 1. The number of hydrogen-bond donors (Lipinski definition) is 1. The van der Waals surface area contributed by atoms with Crippen LogP contribution in [0.4, 0.5) is 20.2 Å². The zero-order valence-electron chi connectivity index (χ0n) is 16.5. The maximum Gasteiger partial charge on any atom is 0.275 e. The van der Waals surface area contributed by atoms with Crippen LogP contribution in [-0.2, 0) is 15.1 Å². The molecule has 1 heterocycles. The molecule has 0 bridgehead atoms. The zero-order chi connectivity index (χ0) is 20.6. The van der Waals surface area contributed by atoms with Gasteiger partial charge in [-0.2, -0.15) is 0 Å². The van der Waals surface area contributed by atoms with Crippen molar-refractivity contribution in [3.63, 3.8) is 0 Å². The van der Waals surface area contributed by atoms with Crippen LogP contribution in [0.5, 0.6) is 5.75 Å². The molecule has 154 valence electrons. The number of anilines is 2. The molecule has 1 unspecified atom stereocenters. The van der Waals surface area contributed by atoms with Gasteiger partial charge < -0.3 is 19.7 Å². The van der Waals surface area contributed by atoms with Gasteiger partial charge in [0.2, 0.25) is 5.60 Å². The summed E-state index contributed by atoms with van der Waals surface area (Å²) in [6, 6.07) is 9.11. The summed E-state index contributed by atoms with van der Waals surface area (Å²) in [7, 11) is 1.60. The summed E-state index contributed by atoms with van der Waals surface area (Å²) in [4.78, 5) is 15.1. The Morgan fingerprint density at radius 3 is 2.59 bits per heavy atom. The third-order valence-electron chi connectivity index (χ3n) is 5.31. The van der Waals surface area contributed by atoms with Gasteiger partial charge in [0.05, 0.1) is 5.69 Å². The number of benzene rings is 2. The Morgan fingerprint density at radius 1 is 1.21 bits per heavy atom. The number of rotatable bonds is 7. The lowest BCUT2D eigenvalue weighted by Gasteiger charge is -2.41. The highest BCUT2D eigenvalue weighted by Gasteiger charge is 2.46. The van der Waals surface area contributed by atoms with Gasteiger partial charge in [0.25, 0.3) is 5.91 Å². The van der Waals surface area contributed by atoms with Crippen molar-refractivity contribution >= 4 is 17.3 Å². The summed E-state index contributed by atoms with van der Waals surface area (Å²) in [6.07, 6.45) is 2.89. The summed E-state index contributed by atoms with van der Waals surface area (Å²) in [6.45, 7) is 2.45. The first-order valence-corrected chi connectivity index (χ1v) is 9.78. The van der Waals surface area contributed by atoms with Crippen LogP contribution in [-0.4, -0.2) is 32.2 Å². The molecule has 2 aromatic rings. The highest BCUT2D eigenvalue weighted by Crippen LogP contribution is 2.44. The molecule has 1 saturated carbocycles. The molecule has 0 spiro atoms. The maximum absolute atomic E-state index is 13.9. The minimum Gasteiger partial charge on any atom is -0.471 e. The van der Waals surface area contributed by atoms with Crippen molar-refractivity contribution in [1.82, 2.24) is 0 Å². The number of amides is 1. The molecule has 1 N–H and O–H groups in total. The van der Waals surface area contributed by atoms with Gasteiger partial charge in [-0.1, -0.05) is 0 Å². The van der Waals surface area contributed by atoms with Gasteiger partial charge >= 0.3 is 0 Å². The zero-order valence-corrected chi connectivity index (χ0v) is 16.5. The molecule has 29 heavy (non-hydrogen) atoms. The van der Waals surface area contributed by atoms with Crippen molar-refractivity contribution < 1.29 is 23.0 Å². The minimum atomic E-state index is -1.53. The van der Waals surface area contributed by atoms with Crippen LogP contribution in [0.3, 0.4) is 0 Å². The summed E-state index contributed by atoms with van der Waals surface area (Å²) < 4.78 is 38.9. The Morgan fingerprint density at radius 2 is 1.93 bits per heavy atom. The van der Waals surface area contributed by atoms with Crippen molar-refractivity contribution in [1.29, 1.82) is 0 Å². The first-order valence-electron chi connectivity index (χ1n) is 9.78. The fourth-order valence-electron chi connectivity index (χ4n) is 3.60. The van der Waals surface area contributed by atoms with Crippen LogP contribution >= 0.6 is 0 Å². The van der Waals surface area contributed by atoms with E-state index < -0.39 is 17.2 Å². The quantitative estimate of drug-likeness (QED) is 0.705. The Kier molecular flexibility index (Phi) is 5.17. The molecule has 0 radical (unpaired) electrons. The summed E-state index contributed by atoms with van der Waals surface area (Å²) >= 11 is 0. The minimum absolute atomic E-state index is 0.141. The van der Waals surface area contributed by atoms with Gasteiger partial charge in [-0.15, -0.1) is 0 Å². The Balaban J connectivity index is 1.74. The number of methoxy groups -OCH3 is 1. The van der Waals surface area contributed by atoms with E-state index in [2.05, 4.69) is 5.32 Å². The fraction of sp³-hybridized carbons (Fsp3) is 0.409. The highest BCUT2D eigenvalue weighted by molar-refractivity contribution is 6.03. The second-order valence-corrected chi connectivity index (χ2v) is 7.70. The van der Waals surface area contributed by atoms with E-state index in [0.29, 0.717) is 37.1 Å². The SMILES string of the molecule is COCCCN1C(=O)C(C)(c2cc(F)cc(F)c2)Oc2ccc(NC3CC3)cc21. The maximum atomic E-state index is 13.9. The smallest absolute Gasteiger partial charge is 0.275 e. The fourth-order valence-corrected chi connectivity index (χ4v) is 3.60. The molecule has 1 atom stereocenters. The summed E-state index contributed by atoms with van der Waals surface area (Å²) in [5.41, 5.74) is 0.169. The number of halogens is 2. The molecule has 2 aliphatic rings. The lowest BCUT2D eigenvalue weighted by molar-refractivity contribution is -0.135. The molecule has 1 aliphatic carbocycles. The predicted molar refractivity (Wildman–Crippen MR) is 106 cm³/mol. The number of nitrogens with one attached hydrogen (secondary N) is 1. The number of nitrogens with zero attached hydrogens (tertiary/aromatic N) is 1. The van der Waals surface area contributed by atoms with E-state index in [1.54, 1.807) is 25.0 Å². The molecule has 1 aliphatic heterocycles. The van der Waals surface area contributed by atoms with Gasteiger partial charge in [-0.05, 0) is 56.5 Å². The molecule has 4 rings (SSSR count). The van der Waals surface area contributed by atoms with Gasteiger partial charge in [0.15, 0.2) is 0 Å². The number of fused-ring (bicyclic) bond motifs is 1. The Labute approximate surface area is 168 Å². The monoisotopic (exact) mass is 402 g/mol. The Bertz CT molecular complexity index is 912. The first-order chi connectivity index (χ1) is 13.9. The van der Waals surface area contributed by atoms with Gasteiger partial charge in [-0.3, -0.25) is 4.79 Å². The van der Waals surface area contributed by atoms with E-state index in [9.17, 15) is 13.6 Å². The average Bonchev–Trinajstić information content (AvgIpc) is 3.49. The van der Waals surface area contributed by atoms with Crippen molar-refractivity contribution in [2.24, 2.45) is 0 Å². The summed E-state index contributed by atoms with van der Waals surface area (Å²) in [5.74, 6) is -1.37. The van der Waals surface area contributed by atoms with Gasteiger partial charge in [0.1, 0.15) is 17.4 Å². The molecule has 0 aromatic heterocycles. The van der Waals surface area contributed by atoms with E-state index in [1.165, 1.54) is 0 Å². The molecular weight excluding hydrogens is 378 g/mol. The van der Waals surface area contributed by atoms with Gasteiger partial charge in [0, 0.05) is 43.6 Å². The molecule has 1 amide bonds. The second-order valence-electron chi connectivity index (χ2n) is 7.70. The van der Waals surface area contributed by atoms with Crippen LogP contribution < -0.4 is 15.0 Å². The second kappa shape index (κ2) is 7.63. The van der Waals surface area contributed by atoms with Crippen molar-refractivity contribution in [2.45, 2.75) is 37.8 Å². The topological polar surface area (TPSA) is 50.8 Å². The predicted octanol–water partition coefficient (Wildman–Crippen LogP) is 4.22. The standard InChI is InChI=1S/C22H24F2N2O3/c1-22(14-10-15(23)12-16(24)11-14)21(27)26(8-3-9-28-2)19-13-18(25-17-4-5-17)6-7-20(19)29-22/h6-7,10-13,17,25H,3-5,8-9H2,1-2H3. The summed E-state index contributed by atoms with van der Waals surface area (Å²) in [5, 5.41) is 3.42. The third kappa shape index (κ3) is 3.92. The van der Waals surface area contributed by atoms with Crippen molar-refractivity contribution in [3.05, 3.63) is 53.6 Å². The van der Waals surface area contributed by atoms with E-state index >= 15 is 0 Å². The molecule has 0 saturated heterocycles. The first kappa shape index (κ1) is 19.6. The van der Waals surface area contributed by atoms with E-state index in [0.717, 1.165) is 36.7 Å². The van der Waals surface area contributed by atoms with E-state index in [1.807, 2.05) is 12.1 Å². The lowest BCUT2D eigenvalue weighted by Crippen LogP contribution is -2.52. The molecular formula is C22H24F2N2O3.